The molecule has 0 saturated carbocycles. The van der Waals surface area contributed by atoms with Crippen molar-refractivity contribution in [3.05, 3.63) is 29.2 Å². The first kappa shape index (κ1) is 8.19. The Morgan fingerprint density at radius 3 is 2.33 bits per heavy atom. The van der Waals surface area contributed by atoms with Crippen LogP contribution in [0.3, 0.4) is 0 Å². The molecule has 1 rings (SSSR count). The fraction of sp³-hybridized carbons (Fsp3) is 0. The van der Waals surface area contributed by atoms with Gasteiger partial charge in [0.25, 0.3) is 0 Å². The number of nitrogens with two attached hydrogens (primary N) is 1. The number of nitroso groups, excluding NO2 is 1. The van der Waals surface area contributed by atoms with E-state index in [2.05, 4.69) is 9.91 Å². The fourth-order valence-electron chi connectivity index (χ4n) is 0.691. The Morgan fingerprint density at radius 2 is 1.92 bits per heavy atom. The average Bonchev–Trinajstić information content (AvgIpc) is 2.05. The first-order chi connectivity index (χ1) is 5.72. The van der Waals surface area contributed by atoms with Gasteiger partial charge >= 0.3 is 6.09 Å². The molecular formula is C7H6N2O3. The lowest BCUT2D eigenvalue weighted by Gasteiger charge is -1.98. The number of ether oxygens (including phenoxy) is 1. The number of benzene rings is 1. The molecule has 0 aromatic heterocycles. The molecule has 0 unspecified atom stereocenters. The third-order valence-electron chi connectivity index (χ3n) is 1.16. The molecule has 0 aliphatic rings. The lowest BCUT2D eigenvalue weighted by molar-refractivity contribution is 0.211. The van der Waals surface area contributed by atoms with Gasteiger partial charge in [0.2, 0.25) is 0 Å². The smallest absolute Gasteiger partial charge is 0.409 e. The van der Waals surface area contributed by atoms with Crippen molar-refractivity contribution in [1.82, 2.24) is 0 Å². The Labute approximate surface area is 68.1 Å². The summed E-state index contributed by atoms with van der Waals surface area (Å²) < 4.78 is 4.51. The minimum Gasteiger partial charge on any atom is -0.411 e. The van der Waals surface area contributed by atoms with E-state index in [1.54, 1.807) is 0 Å². The highest BCUT2D eigenvalue weighted by Gasteiger charge is 1.97. The van der Waals surface area contributed by atoms with Gasteiger partial charge in [0, 0.05) is 0 Å². The predicted octanol–water partition coefficient (Wildman–Crippen LogP) is 1.54. The highest BCUT2D eigenvalue weighted by molar-refractivity contribution is 5.68. The number of rotatable bonds is 2. The van der Waals surface area contributed by atoms with Crippen LogP contribution in [0.2, 0.25) is 0 Å². The number of hydrogen-bond donors (Lipinski definition) is 1. The number of amides is 1. The van der Waals surface area contributed by atoms with Crippen LogP contribution in [-0.4, -0.2) is 6.09 Å². The topological polar surface area (TPSA) is 81.8 Å². The van der Waals surface area contributed by atoms with Gasteiger partial charge in [-0.25, -0.2) is 4.79 Å². The minimum atomic E-state index is -0.887. The zero-order chi connectivity index (χ0) is 8.97. The summed E-state index contributed by atoms with van der Waals surface area (Å²) in [5.41, 5.74) is 5.02. The van der Waals surface area contributed by atoms with E-state index in [9.17, 15) is 9.70 Å². The maximum Gasteiger partial charge on any atom is 0.409 e. The number of primary amides is 1. The summed E-state index contributed by atoms with van der Waals surface area (Å²) in [6, 6.07) is 5.71. The monoisotopic (exact) mass is 166 g/mol. The third kappa shape index (κ3) is 2.05. The standard InChI is InChI=1S/C7H6N2O3/c8-7(10)12-6-3-1-5(9-11)2-4-6/h1-4H,(H2,8,10). The maximum absolute atomic E-state index is 10.2. The molecule has 1 amide bonds. The molecule has 0 radical (unpaired) electrons. The van der Waals surface area contributed by atoms with Crippen LogP contribution in [0.15, 0.2) is 29.4 Å². The van der Waals surface area contributed by atoms with Crippen LogP contribution in [-0.2, 0) is 0 Å². The molecule has 5 heteroatoms. The van der Waals surface area contributed by atoms with Crippen molar-refractivity contribution < 1.29 is 9.53 Å². The molecule has 1 aromatic carbocycles. The van der Waals surface area contributed by atoms with Crippen molar-refractivity contribution in [2.24, 2.45) is 10.9 Å². The largest absolute Gasteiger partial charge is 0.411 e. The Bertz CT molecular complexity index is 294. The molecule has 0 bridgehead atoms. The molecule has 0 fully saturated rings. The molecule has 2 N–H and O–H groups in total. The first-order valence-corrected chi connectivity index (χ1v) is 3.13. The van der Waals surface area contributed by atoms with E-state index >= 15 is 0 Å². The fourth-order valence-corrected chi connectivity index (χ4v) is 0.691. The van der Waals surface area contributed by atoms with E-state index in [0.29, 0.717) is 0 Å². The van der Waals surface area contributed by atoms with Gasteiger partial charge in [-0.15, -0.1) is 4.91 Å². The second kappa shape index (κ2) is 3.47. The zero-order valence-electron chi connectivity index (χ0n) is 6.06. The third-order valence-corrected chi connectivity index (χ3v) is 1.16. The summed E-state index contributed by atoms with van der Waals surface area (Å²) in [7, 11) is 0. The van der Waals surface area contributed by atoms with Crippen molar-refractivity contribution in [1.29, 1.82) is 0 Å². The molecule has 62 valence electrons. The van der Waals surface area contributed by atoms with Crippen molar-refractivity contribution in [2.45, 2.75) is 0 Å². The number of hydrogen-bond acceptors (Lipinski definition) is 4. The van der Waals surface area contributed by atoms with E-state index < -0.39 is 6.09 Å². The molecule has 12 heavy (non-hydrogen) atoms. The SMILES string of the molecule is NC(=O)Oc1ccc(N=O)cc1. The summed E-state index contributed by atoms with van der Waals surface area (Å²) in [4.78, 5) is 20.2. The van der Waals surface area contributed by atoms with Crippen molar-refractivity contribution >= 4 is 11.8 Å². The maximum atomic E-state index is 10.2. The van der Waals surface area contributed by atoms with E-state index in [4.69, 9.17) is 5.73 Å². The van der Waals surface area contributed by atoms with Crippen molar-refractivity contribution in [3.63, 3.8) is 0 Å². The van der Waals surface area contributed by atoms with Gasteiger partial charge in [-0.1, -0.05) is 0 Å². The molecule has 1 aromatic rings. The Morgan fingerprint density at radius 1 is 1.33 bits per heavy atom. The average molecular weight is 166 g/mol. The van der Waals surface area contributed by atoms with Gasteiger partial charge in [0.1, 0.15) is 11.4 Å². The zero-order valence-corrected chi connectivity index (χ0v) is 6.06. The molecule has 0 aliphatic heterocycles. The van der Waals surface area contributed by atoms with E-state index in [-0.39, 0.29) is 11.4 Å². The summed E-state index contributed by atoms with van der Waals surface area (Å²) >= 11 is 0. The van der Waals surface area contributed by atoms with E-state index in [1.165, 1.54) is 24.3 Å². The lowest BCUT2D eigenvalue weighted by Crippen LogP contribution is -2.15. The van der Waals surface area contributed by atoms with Crippen molar-refractivity contribution in [3.8, 4) is 5.75 Å². The Hall–Kier alpha value is -1.91. The molecule has 5 nitrogen and oxygen atoms in total. The molecule has 0 atom stereocenters. The molecule has 0 heterocycles. The molecule has 0 saturated heterocycles. The van der Waals surface area contributed by atoms with Crippen LogP contribution in [0.25, 0.3) is 0 Å². The van der Waals surface area contributed by atoms with Crippen LogP contribution in [0.4, 0.5) is 10.5 Å². The normalized spacial score (nSPS) is 9.00. The van der Waals surface area contributed by atoms with Crippen LogP contribution in [0, 0.1) is 4.91 Å². The summed E-state index contributed by atoms with van der Waals surface area (Å²) in [5, 5.41) is 2.67. The van der Waals surface area contributed by atoms with Gasteiger partial charge in [-0.05, 0) is 29.4 Å². The molecule has 0 aliphatic carbocycles. The summed E-state index contributed by atoms with van der Waals surface area (Å²) in [6.45, 7) is 0. The number of carbonyl (C=O) groups excluding carboxylic acids is 1. The molecule has 0 spiro atoms. The van der Waals surface area contributed by atoms with Crippen LogP contribution in [0.1, 0.15) is 0 Å². The number of carbonyl (C=O) groups is 1. The summed E-state index contributed by atoms with van der Waals surface area (Å²) in [6.07, 6.45) is -0.887. The highest BCUT2D eigenvalue weighted by Crippen LogP contribution is 2.17. The van der Waals surface area contributed by atoms with Crippen LogP contribution in [0.5, 0.6) is 5.75 Å². The Kier molecular flexibility index (Phi) is 2.37. The van der Waals surface area contributed by atoms with Gasteiger partial charge in [-0.2, -0.15) is 0 Å². The highest BCUT2D eigenvalue weighted by atomic mass is 16.5. The van der Waals surface area contributed by atoms with Crippen molar-refractivity contribution in [2.75, 3.05) is 0 Å². The second-order valence-corrected chi connectivity index (χ2v) is 2.01. The van der Waals surface area contributed by atoms with Crippen LogP contribution < -0.4 is 10.5 Å². The molecular weight excluding hydrogens is 160 g/mol. The lowest BCUT2D eigenvalue weighted by atomic mass is 10.3. The minimum absolute atomic E-state index is 0.270. The predicted molar refractivity (Wildman–Crippen MR) is 42.1 cm³/mol. The van der Waals surface area contributed by atoms with Gasteiger partial charge in [0.05, 0.1) is 0 Å². The van der Waals surface area contributed by atoms with E-state index in [0.717, 1.165) is 0 Å². The van der Waals surface area contributed by atoms with E-state index in [1.807, 2.05) is 0 Å². The quantitative estimate of drug-likeness (QED) is 0.676. The second-order valence-electron chi connectivity index (χ2n) is 2.01. The van der Waals surface area contributed by atoms with Gasteiger partial charge in [0.15, 0.2) is 0 Å². The first-order valence-electron chi connectivity index (χ1n) is 3.13. The van der Waals surface area contributed by atoms with Gasteiger partial charge in [-0.3, -0.25) is 0 Å². The summed E-state index contributed by atoms with van der Waals surface area (Å²) in [5.74, 6) is 0.287. The van der Waals surface area contributed by atoms with Crippen LogP contribution >= 0.6 is 0 Å². The Balaban J connectivity index is 2.77. The van der Waals surface area contributed by atoms with Gasteiger partial charge < -0.3 is 10.5 Å². The number of nitrogens with zero attached hydrogens (tertiary/aromatic N) is 1.